The molecule has 3 rings (SSSR count). The second-order valence-corrected chi connectivity index (χ2v) is 5.37. The summed E-state index contributed by atoms with van der Waals surface area (Å²) >= 11 is 1.59. The number of carbonyl (C=O) groups is 1. The predicted molar refractivity (Wildman–Crippen MR) is 82.9 cm³/mol. The highest BCUT2D eigenvalue weighted by Gasteiger charge is 2.12. The van der Waals surface area contributed by atoms with E-state index in [2.05, 4.69) is 4.98 Å². The molecule has 0 aliphatic rings. The number of nitrogens with one attached hydrogen (secondary N) is 1. The molecule has 0 unspecified atom stereocenters. The van der Waals surface area contributed by atoms with Gasteiger partial charge in [0, 0.05) is 0 Å². The first-order valence-corrected chi connectivity index (χ1v) is 7.17. The van der Waals surface area contributed by atoms with Crippen LogP contribution in [0.25, 0.3) is 20.8 Å². The number of benzene rings is 2. The normalized spacial score (nSPS) is 10.5. The summed E-state index contributed by atoms with van der Waals surface area (Å²) in [5, 5.41) is 0.861. The zero-order valence-electron chi connectivity index (χ0n) is 11.1. The summed E-state index contributed by atoms with van der Waals surface area (Å²) in [6.07, 6.45) is 0. The topological polar surface area (TPSA) is 77.2 Å². The molecule has 0 radical (unpaired) electrons. The highest BCUT2D eigenvalue weighted by atomic mass is 32.1. The van der Waals surface area contributed by atoms with Crippen LogP contribution >= 0.6 is 11.3 Å². The van der Waals surface area contributed by atoms with Gasteiger partial charge in [0.1, 0.15) is 10.8 Å². The first-order chi connectivity index (χ1) is 10.3. The zero-order valence-corrected chi connectivity index (χ0v) is 11.9. The third-order valence-corrected chi connectivity index (χ3v) is 4.00. The lowest BCUT2D eigenvalue weighted by molar-refractivity contribution is -0.123. The van der Waals surface area contributed by atoms with E-state index in [1.165, 1.54) is 0 Å². The molecule has 6 heteroatoms. The molecule has 0 fully saturated rings. The number of carbonyl (C=O) groups excluding carboxylic acids is 1. The Labute approximate surface area is 125 Å². The largest absolute Gasteiger partial charge is 0.483 e. The molecule has 0 aliphatic heterocycles. The van der Waals surface area contributed by atoms with Crippen LogP contribution in [0.3, 0.4) is 0 Å². The Hall–Kier alpha value is -2.44. The average Bonchev–Trinajstić information content (AvgIpc) is 2.96. The van der Waals surface area contributed by atoms with Gasteiger partial charge in [0.25, 0.3) is 5.91 Å². The predicted octanol–water partition coefficient (Wildman–Crippen LogP) is 2.33. The fourth-order valence-corrected chi connectivity index (χ4v) is 2.94. The summed E-state index contributed by atoms with van der Waals surface area (Å²) in [4.78, 5) is 15.8. The van der Waals surface area contributed by atoms with Crippen LogP contribution < -0.4 is 16.0 Å². The SMILES string of the molecule is NNC(=O)COc1ccccc1-c1nc2ccccc2s1. The quantitative estimate of drug-likeness (QED) is 0.440. The maximum Gasteiger partial charge on any atom is 0.271 e. The van der Waals surface area contributed by atoms with E-state index < -0.39 is 0 Å². The van der Waals surface area contributed by atoms with Crippen molar-refractivity contribution in [3.05, 3.63) is 48.5 Å². The molecule has 2 aromatic carbocycles. The second kappa shape index (κ2) is 5.90. The lowest BCUT2D eigenvalue weighted by atomic mass is 10.2. The molecule has 0 aliphatic carbocycles. The molecule has 0 atom stereocenters. The standard InChI is InChI=1S/C15H13N3O2S/c16-18-14(19)9-20-12-7-3-1-5-10(12)15-17-11-6-2-4-8-13(11)21-15/h1-8H,9,16H2,(H,18,19). The highest BCUT2D eigenvalue weighted by Crippen LogP contribution is 2.35. The molecule has 1 amide bonds. The van der Waals surface area contributed by atoms with Crippen molar-refractivity contribution in [2.45, 2.75) is 0 Å². The van der Waals surface area contributed by atoms with Gasteiger partial charge in [0.2, 0.25) is 0 Å². The molecule has 5 nitrogen and oxygen atoms in total. The summed E-state index contributed by atoms with van der Waals surface area (Å²) in [5.74, 6) is 5.28. The van der Waals surface area contributed by atoms with Crippen LogP contribution in [0.4, 0.5) is 0 Å². The third-order valence-electron chi connectivity index (χ3n) is 2.93. The third kappa shape index (κ3) is 2.86. The molecule has 21 heavy (non-hydrogen) atoms. The van der Waals surface area contributed by atoms with Gasteiger partial charge < -0.3 is 4.74 Å². The summed E-state index contributed by atoms with van der Waals surface area (Å²) in [7, 11) is 0. The number of hydrogen-bond acceptors (Lipinski definition) is 5. The number of thiazole rings is 1. The van der Waals surface area contributed by atoms with E-state index in [1.54, 1.807) is 11.3 Å². The number of para-hydroxylation sites is 2. The number of aromatic nitrogens is 1. The van der Waals surface area contributed by atoms with E-state index in [0.29, 0.717) is 5.75 Å². The van der Waals surface area contributed by atoms with Gasteiger partial charge in [0.15, 0.2) is 6.61 Å². The van der Waals surface area contributed by atoms with Gasteiger partial charge in [-0.25, -0.2) is 10.8 Å². The fraction of sp³-hybridized carbons (Fsp3) is 0.0667. The molecule has 0 bridgehead atoms. The molecule has 1 heterocycles. The van der Waals surface area contributed by atoms with Gasteiger partial charge in [-0.2, -0.15) is 0 Å². The molecule has 0 saturated carbocycles. The summed E-state index contributed by atoms with van der Waals surface area (Å²) < 4.78 is 6.63. The van der Waals surface area contributed by atoms with Crippen LogP contribution in [0.5, 0.6) is 5.75 Å². The number of hydrazine groups is 1. The van der Waals surface area contributed by atoms with Gasteiger partial charge in [-0.15, -0.1) is 11.3 Å². The van der Waals surface area contributed by atoms with Crippen molar-refractivity contribution in [2.75, 3.05) is 6.61 Å². The van der Waals surface area contributed by atoms with Gasteiger partial charge >= 0.3 is 0 Å². The first kappa shape index (κ1) is 13.5. The molecular weight excluding hydrogens is 286 g/mol. The van der Waals surface area contributed by atoms with Crippen molar-refractivity contribution < 1.29 is 9.53 Å². The van der Waals surface area contributed by atoms with Crippen LogP contribution in [0.1, 0.15) is 0 Å². The van der Waals surface area contributed by atoms with E-state index in [4.69, 9.17) is 10.6 Å². The number of amides is 1. The Morgan fingerprint density at radius 1 is 1.19 bits per heavy atom. The summed E-state index contributed by atoms with van der Waals surface area (Å²) in [6.45, 7) is -0.127. The van der Waals surface area contributed by atoms with E-state index in [9.17, 15) is 4.79 Å². The Morgan fingerprint density at radius 2 is 1.95 bits per heavy atom. The van der Waals surface area contributed by atoms with Crippen molar-refractivity contribution in [3.8, 4) is 16.3 Å². The molecule has 0 spiro atoms. The Morgan fingerprint density at radius 3 is 2.76 bits per heavy atom. The molecular formula is C15H13N3O2S. The molecule has 3 N–H and O–H groups in total. The van der Waals surface area contributed by atoms with E-state index in [0.717, 1.165) is 20.8 Å². The number of rotatable bonds is 4. The molecule has 1 aromatic heterocycles. The number of hydrogen-bond donors (Lipinski definition) is 2. The number of nitrogens with two attached hydrogens (primary N) is 1. The van der Waals surface area contributed by atoms with Crippen LogP contribution in [-0.2, 0) is 4.79 Å². The lowest BCUT2D eigenvalue weighted by Gasteiger charge is -2.08. The van der Waals surface area contributed by atoms with Gasteiger partial charge in [-0.05, 0) is 24.3 Å². The Balaban J connectivity index is 1.96. The number of nitrogens with zero attached hydrogens (tertiary/aromatic N) is 1. The molecule has 3 aromatic rings. The minimum atomic E-state index is -0.380. The van der Waals surface area contributed by atoms with Gasteiger partial charge in [-0.3, -0.25) is 10.2 Å². The van der Waals surface area contributed by atoms with Crippen LogP contribution in [-0.4, -0.2) is 17.5 Å². The van der Waals surface area contributed by atoms with E-state index in [1.807, 2.05) is 54.0 Å². The van der Waals surface area contributed by atoms with Gasteiger partial charge in [0.05, 0.1) is 15.8 Å². The maximum atomic E-state index is 11.2. The van der Waals surface area contributed by atoms with Crippen LogP contribution in [0.2, 0.25) is 0 Å². The lowest BCUT2D eigenvalue weighted by Crippen LogP contribution is -2.34. The number of ether oxygens (including phenoxy) is 1. The van der Waals surface area contributed by atoms with Crippen molar-refractivity contribution in [1.82, 2.24) is 10.4 Å². The highest BCUT2D eigenvalue weighted by molar-refractivity contribution is 7.21. The van der Waals surface area contributed by atoms with Crippen molar-refractivity contribution in [2.24, 2.45) is 5.84 Å². The van der Waals surface area contributed by atoms with Crippen molar-refractivity contribution >= 4 is 27.5 Å². The summed E-state index contributed by atoms with van der Waals surface area (Å²) in [5.41, 5.74) is 3.85. The average molecular weight is 299 g/mol. The van der Waals surface area contributed by atoms with E-state index in [-0.39, 0.29) is 12.5 Å². The zero-order chi connectivity index (χ0) is 14.7. The fourth-order valence-electron chi connectivity index (χ4n) is 1.94. The smallest absolute Gasteiger partial charge is 0.271 e. The Bertz CT molecular complexity index is 752. The van der Waals surface area contributed by atoms with E-state index >= 15 is 0 Å². The van der Waals surface area contributed by atoms with Gasteiger partial charge in [-0.1, -0.05) is 24.3 Å². The van der Waals surface area contributed by atoms with Crippen LogP contribution in [0.15, 0.2) is 48.5 Å². The first-order valence-electron chi connectivity index (χ1n) is 6.35. The maximum absolute atomic E-state index is 11.2. The number of fused-ring (bicyclic) bond motifs is 1. The molecule has 0 saturated heterocycles. The monoisotopic (exact) mass is 299 g/mol. The van der Waals surface area contributed by atoms with Crippen LogP contribution in [0, 0.1) is 0 Å². The summed E-state index contributed by atoms with van der Waals surface area (Å²) in [6, 6.07) is 15.4. The van der Waals surface area contributed by atoms with Crippen molar-refractivity contribution in [3.63, 3.8) is 0 Å². The Kier molecular flexibility index (Phi) is 3.81. The second-order valence-electron chi connectivity index (χ2n) is 4.34. The minimum Gasteiger partial charge on any atom is -0.483 e. The molecule has 106 valence electrons. The minimum absolute atomic E-state index is 0.127. The van der Waals surface area contributed by atoms with Crippen molar-refractivity contribution in [1.29, 1.82) is 0 Å².